The molecule has 1 heterocycles. The molecule has 25 heavy (non-hydrogen) atoms. The van der Waals surface area contributed by atoms with Crippen LogP contribution in [-0.4, -0.2) is 38.8 Å². The second-order valence-corrected chi connectivity index (χ2v) is 7.31. The molecule has 4 heteroatoms. The molecular formula is C21H34NO3+. The van der Waals surface area contributed by atoms with Crippen LogP contribution in [0.4, 0.5) is 0 Å². The highest BCUT2D eigenvalue weighted by Crippen LogP contribution is 2.20. The summed E-state index contributed by atoms with van der Waals surface area (Å²) in [4.78, 5) is 13.4. The minimum absolute atomic E-state index is 0.00132. The molecular weight excluding hydrogens is 314 g/mol. The van der Waals surface area contributed by atoms with E-state index in [0.717, 1.165) is 44.7 Å². The van der Waals surface area contributed by atoms with Crippen molar-refractivity contribution in [3.63, 3.8) is 0 Å². The molecule has 1 saturated heterocycles. The molecule has 0 spiro atoms. The van der Waals surface area contributed by atoms with Crippen molar-refractivity contribution in [2.45, 2.75) is 52.4 Å². The van der Waals surface area contributed by atoms with Gasteiger partial charge in [0.1, 0.15) is 5.75 Å². The molecule has 0 aliphatic carbocycles. The van der Waals surface area contributed by atoms with Crippen LogP contribution in [0.25, 0.3) is 0 Å². The molecule has 0 unspecified atom stereocenters. The number of piperidine rings is 1. The van der Waals surface area contributed by atoms with Crippen molar-refractivity contribution in [2.75, 3.05) is 32.8 Å². The van der Waals surface area contributed by atoms with Crippen molar-refractivity contribution >= 4 is 5.97 Å². The Hall–Kier alpha value is -1.55. The molecule has 0 aromatic heterocycles. The lowest BCUT2D eigenvalue weighted by Gasteiger charge is -2.28. The van der Waals surface area contributed by atoms with Crippen LogP contribution in [0.5, 0.6) is 5.75 Å². The summed E-state index contributed by atoms with van der Waals surface area (Å²) in [7, 11) is 0. The standard InChI is InChI=1S/C21H33NO3/c1-4-24-21(23)18-10-13-22(14-11-18)12-5-6-15-25-20-9-7-8-19(16-20)17(2)3/h7-9,16-18H,4-6,10-15H2,1-3H3/p+1. The number of rotatable bonds is 9. The average Bonchev–Trinajstić information content (AvgIpc) is 2.62. The molecule has 2 rings (SSSR count). The Balaban J connectivity index is 1.58. The zero-order valence-corrected chi connectivity index (χ0v) is 16.1. The molecule has 0 radical (unpaired) electrons. The van der Waals surface area contributed by atoms with Crippen LogP contribution < -0.4 is 9.64 Å². The Morgan fingerprint density at radius 3 is 2.68 bits per heavy atom. The lowest BCUT2D eigenvalue weighted by Crippen LogP contribution is -3.13. The largest absolute Gasteiger partial charge is 0.494 e. The number of ether oxygens (including phenoxy) is 2. The quantitative estimate of drug-likeness (QED) is 0.551. The van der Waals surface area contributed by atoms with Crippen molar-refractivity contribution in [3.8, 4) is 5.75 Å². The second kappa shape index (κ2) is 10.4. The third-order valence-electron chi connectivity index (χ3n) is 5.03. The first kappa shape index (κ1) is 19.8. The summed E-state index contributed by atoms with van der Waals surface area (Å²) in [5, 5.41) is 0. The zero-order valence-electron chi connectivity index (χ0n) is 16.1. The number of carbonyl (C=O) groups excluding carboxylic acids is 1. The Bertz CT molecular complexity index is 522. The number of quaternary nitrogens is 1. The molecule has 1 N–H and O–H groups in total. The maximum atomic E-state index is 11.8. The van der Waals surface area contributed by atoms with Crippen molar-refractivity contribution in [1.29, 1.82) is 0 Å². The highest BCUT2D eigenvalue weighted by atomic mass is 16.5. The van der Waals surface area contributed by atoms with E-state index < -0.39 is 0 Å². The molecule has 0 saturated carbocycles. The number of likely N-dealkylation sites (tertiary alicyclic amines) is 1. The van der Waals surface area contributed by atoms with Gasteiger partial charge >= 0.3 is 5.97 Å². The predicted molar refractivity (Wildman–Crippen MR) is 100 cm³/mol. The van der Waals surface area contributed by atoms with Crippen LogP contribution in [0.15, 0.2) is 24.3 Å². The lowest BCUT2D eigenvalue weighted by atomic mass is 9.97. The molecule has 0 amide bonds. The number of nitrogens with one attached hydrogen (secondary N) is 1. The summed E-state index contributed by atoms with van der Waals surface area (Å²) in [6.45, 7) is 10.9. The van der Waals surface area contributed by atoms with Gasteiger partial charge in [0.2, 0.25) is 0 Å². The maximum absolute atomic E-state index is 11.8. The molecule has 0 bridgehead atoms. The van der Waals surface area contributed by atoms with E-state index in [2.05, 4.69) is 32.0 Å². The van der Waals surface area contributed by atoms with Gasteiger partial charge < -0.3 is 14.4 Å². The monoisotopic (exact) mass is 348 g/mol. The number of hydrogen-bond acceptors (Lipinski definition) is 3. The summed E-state index contributed by atoms with van der Waals surface area (Å²) in [6, 6.07) is 8.41. The van der Waals surface area contributed by atoms with Crippen LogP contribution >= 0.6 is 0 Å². The van der Waals surface area contributed by atoms with Gasteiger partial charge in [-0.15, -0.1) is 0 Å². The number of hydrogen-bond donors (Lipinski definition) is 1. The topological polar surface area (TPSA) is 40.0 Å². The molecule has 4 nitrogen and oxygen atoms in total. The SMILES string of the molecule is CCOC(=O)C1CC[NH+](CCCCOc2cccc(C(C)C)c2)CC1. The third kappa shape index (κ3) is 6.69. The van der Waals surface area contributed by atoms with Crippen molar-refractivity contribution < 1.29 is 19.2 Å². The third-order valence-corrected chi connectivity index (χ3v) is 5.03. The van der Waals surface area contributed by atoms with Crippen LogP contribution in [0.2, 0.25) is 0 Å². The number of unbranched alkanes of at least 4 members (excludes halogenated alkanes) is 1. The first-order chi connectivity index (χ1) is 12.1. The van der Waals surface area contributed by atoms with E-state index in [1.807, 2.05) is 13.0 Å². The number of benzene rings is 1. The van der Waals surface area contributed by atoms with E-state index in [4.69, 9.17) is 9.47 Å². The minimum Gasteiger partial charge on any atom is -0.494 e. The molecule has 1 fully saturated rings. The summed E-state index contributed by atoms with van der Waals surface area (Å²) in [5.74, 6) is 1.64. The van der Waals surface area contributed by atoms with Gasteiger partial charge in [0.25, 0.3) is 0 Å². The highest BCUT2D eigenvalue weighted by Gasteiger charge is 2.27. The maximum Gasteiger partial charge on any atom is 0.309 e. The van der Waals surface area contributed by atoms with Crippen molar-refractivity contribution in [2.24, 2.45) is 5.92 Å². The molecule has 1 aliphatic heterocycles. The Kier molecular flexibility index (Phi) is 8.26. The number of esters is 1. The van der Waals surface area contributed by atoms with Gasteiger partial charge in [0.15, 0.2) is 0 Å². The normalized spacial score (nSPS) is 20.5. The van der Waals surface area contributed by atoms with Gasteiger partial charge in [-0.05, 0) is 43.4 Å². The molecule has 0 atom stereocenters. The second-order valence-electron chi connectivity index (χ2n) is 7.31. The van der Waals surface area contributed by atoms with Crippen LogP contribution in [0, 0.1) is 5.92 Å². The summed E-state index contributed by atoms with van der Waals surface area (Å²) in [5.41, 5.74) is 1.33. The summed E-state index contributed by atoms with van der Waals surface area (Å²) >= 11 is 0. The lowest BCUT2D eigenvalue weighted by molar-refractivity contribution is -0.906. The van der Waals surface area contributed by atoms with E-state index in [-0.39, 0.29) is 11.9 Å². The summed E-state index contributed by atoms with van der Waals surface area (Å²) < 4.78 is 11.0. The fourth-order valence-electron chi connectivity index (χ4n) is 3.40. The fourth-order valence-corrected chi connectivity index (χ4v) is 3.40. The molecule has 140 valence electrons. The predicted octanol–water partition coefficient (Wildman–Crippen LogP) is 2.83. The average molecular weight is 349 g/mol. The smallest absolute Gasteiger partial charge is 0.309 e. The Morgan fingerprint density at radius 1 is 1.24 bits per heavy atom. The molecule has 1 aromatic carbocycles. The summed E-state index contributed by atoms with van der Waals surface area (Å²) in [6.07, 6.45) is 4.18. The van der Waals surface area contributed by atoms with E-state index >= 15 is 0 Å². The van der Waals surface area contributed by atoms with Gasteiger partial charge in [-0.25, -0.2) is 0 Å². The van der Waals surface area contributed by atoms with Gasteiger partial charge in [-0.1, -0.05) is 26.0 Å². The van der Waals surface area contributed by atoms with Gasteiger partial charge in [-0.3, -0.25) is 4.79 Å². The van der Waals surface area contributed by atoms with Crippen LogP contribution in [-0.2, 0) is 9.53 Å². The fraction of sp³-hybridized carbons (Fsp3) is 0.667. The Labute approximate surface area is 152 Å². The Morgan fingerprint density at radius 2 is 2.00 bits per heavy atom. The molecule has 1 aliphatic rings. The minimum atomic E-state index is -0.00132. The first-order valence-corrected chi connectivity index (χ1v) is 9.83. The van der Waals surface area contributed by atoms with Crippen molar-refractivity contribution in [3.05, 3.63) is 29.8 Å². The first-order valence-electron chi connectivity index (χ1n) is 9.83. The van der Waals surface area contributed by atoms with E-state index in [1.165, 1.54) is 18.5 Å². The van der Waals surface area contributed by atoms with Crippen molar-refractivity contribution in [1.82, 2.24) is 0 Å². The highest BCUT2D eigenvalue weighted by molar-refractivity contribution is 5.72. The van der Waals surface area contributed by atoms with E-state index in [1.54, 1.807) is 4.90 Å². The molecule has 1 aromatic rings. The van der Waals surface area contributed by atoms with Crippen LogP contribution in [0.3, 0.4) is 0 Å². The van der Waals surface area contributed by atoms with E-state index in [0.29, 0.717) is 12.5 Å². The van der Waals surface area contributed by atoms with Crippen LogP contribution in [0.1, 0.15) is 57.9 Å². The number of carbonyl (C=O) groups is 1. The van der Waals surface area contributed by atoms with Gasteiger partial charge in [0.05, 0.1) is 38.8 Å². The zero-order chi connectivity index (χ0) is 18.1. The van der Waals surface area contributed by atoms with Gasteiger partial charge in [-0.2, -0.15) is 0 Å². The van der Waals surface area contributed by atoms with Gasteiger partial charge in [0, 0.05) is 12.8 Å². The van der Waals surface area contributed by atoms with E-state index in [9.17, 15) is 4.79 Å².